The summed E-state index contributed by atoms with van der Waals surface area (Å²) in [6.07, 6.45) is 0.807. The van der Waals surface area contributed by atoms with E-state index in [1.807, 2.05) is 13.8 Å². The van der Waals surface area contributed by atoms with Crippen LogP contribution in [-0.4, -0.2) is 70.2 Å². The number of carbonyl (C=O) groups excluding carboxylic acids is 4. The quantitative estimate of drug-likeness (QED) is 0.480. The van der Waals surface area contributed by atoms with Crippen molar-refractivity contribution < 1.29 is 28.7 Å². The Labute approximate surface area is 248 Å². The molecule has 3 rings (SSSR count). The van der Waals surface area contributed by atoms with Gasteiger partial charge in [-0.2, -0.15) is 0 Å². The molecule has 0 aliphatic carbocycles. The Kier molecular flexibility index (Phi) is 9.88. The minimum Gasteiger partial charge on any atom is -0.444 e. The fraction of sp³-hybridized carbons (Fsp3) is 0.667. The van der Waals surface area contributed by atoms with Crippen LogP contribution in [0.2, 0.25) is 5.02 Å². The molecule has 0 saturated carbocycles. The lowest BCUT2D eigenvalue weighted by molar-refractivity contribution is -0.144. The fourth-order valence-electron chi connectivity index (χ4n) is 5.25. The molecule has 0 spiro atoms. The minimum absolute atomic E-state index is 0.169. The van der Waals surface area contributed by atoms with Crippen LogP contribution in [0.25, 0.3) is 0 Å². The first-order valence-corrected chi connectivity index (χ1v) is 14.6. The summed E-state index contributed by atoms with van der Waals surface area (Å²) in [6, 6.07) is 3.88. The fourth-order valence-corrected chi connectivity index (χ4v) is 5.45. The molecule has 10 nitrogen and oxygen atoms in total. The van der Waals surface area contributed by atoms with Crippen LogP contribution in [0.15, 0.2) is 18.2 Å². The van der Waals surface area contributed by atoms with E-state index < -0.39 is 40.9 Å². The van der Waals surface area contributed by atoms with Gasteiger partial charge in [-0.3, -0.25) is 14.5 Å². The van der Waals surface area contributed by atoms with Crippen LogP contribution in [0, 0.1) is 5.41 Å². The monoisotopic (exact) mass is 592 g/mol. The summed E-state index contributed by atoms with van der Waals surface area (Å²) in [6.45, 7) is 15.9. The number of nitrogens with one attached hydrogen (secondary N) is 2. The summed E-state index contributed by atoms with van der Waals surface area (Å²) in [4.78, 5) is 55.5. The zero-order valence-electron chi connectivity index (χ0n) is 25.6. The molecule has 228 valence electrons. The summed E-state index contributed by atoms with van der Waals surface area (Å²) < 4.78 is 10.9. The second-order valence-electron chi connectivity index (χ2n) is 13.5. The smallest absolute Gasteiger partial charge is 0.410 e. The van der Waals surface area contributed by atoms with E-state index in [1.54, 1.807) is 64.6 Å². The van der Waals surface area contributed by atoms with Gasteiger partial charge in [-0.15, -0.1) is 0 Å². The van der Waals surface area contributed by atoms with Gasteiger partial charge in [0.05, 0.1) is 0 Å². The molecule has 2 heterocycles. The number of amides is 4. The summed E-state index contributed by atoms with van der Waals surface area (Å²) in [5, 5.41) is 6.19. The molecular weight excluding hydrogens is 548 g/mol. The van der Waals surface area contributed by atoms with Crippen LogP contribution in [0.4, 0.5) is 9.59 Å². The van der Waals surface area contributed by atoms with Crippen LogP contribution in [0.3, 0.4) is 0 Å². The van der Waals surface area contributed by atoms with Crippen LogP contribution in [0.1, 0.15) is 85.8 Å². The van der Waals surface area contributed by atoms with Crippen molar-refractivity contribution in [3.05, 3.63) is 34.3 Å². The molecule has 0 aromatic heterocycles. The normalized spacial score (nSPS) is 20.5. The maximum Gasteiger partial charge on any atom is 0.410 e. The number of carbonyl (C=O) groups is 4. The van der Waals surface area contributed by atoms with Gasteiger partial charge < -0.3 is 25.0 Å². The second kappa shape index (κ2) is 12.5. The lowest BCUT2D eigenvalue weighted by atomic mass is 9.84. The largest absolute Gasteiger partial charge is 0.444 e. The van der Waals surface area contributed by atoms with Crippen molar-refractivity contribution in [2.45, 2.75) is 111 Å². The number of alkyl carbamates (subject to hydrolysis) is 1. The molecule has 1 aromatic rings. The Balaban J connectivity index is 1.69. The third-order valence-corrected chi connectivity index (χ3v) is 7.43. The molecule has 2 fully saturated rings. The predicted molar refractivity (Wildman–Crippen MR) is 156 cm³/mol. The summed E-state index contributed by atoms with van der Waals surface area (Å²) in [7, 11) is 0. The summed E-state index contributed by atoms with van der Waals surface area (Å²) in [5.41, 5.74) is -0.251. The van der Waals surface area contributed by atoms with Gasteiger partial charge in [0.25, 0.3) is 0 Å². The lowest BCUT2D eigenvalue weighted by Gasteiger charge is -2.36. The molecule has 11 heteroatoms. The average Bonchev–Trinajstić information content (AvgIpc) is 3.43. The second-order valence-corrected chi connectivity index (χ2v) is 13.9. The van der Waals surface area contributed by atoms with E-state index >= 15 is 0 Å². The number of likely N-dealkylation sites (tertiary alicyclic amines) is 2. The predicted octanol–water partition coefficient (Wildman–Crippen LogP) is 5.01. The van der Waals surface area contributed by atoms with Crippen LogP contribution < -0.4 is 10.6 Å². The third kappa shape index (κ3) is 8.74. The van der Waals surface area contributed by atoms with Crippen molar-refractivity contribution in [1.82, 2.24) is 20.4 Å². The van der Waals surface area contributed by atoms with Gasteiger partial charge in [-0.1, -0.05) is 31.5 Å². The molecule has 2 saturated heterocycles. The third-order valence-electron chi connectivity index (χ3n) is 7.19. The highest BCUT2D eigenvalue weighted by Crippen LogP contribution is 2.39. The van der Waals surface area contributed by atoms with E-state index in [1.165, 1.54) is 4.90 Å². The number of halogens is 1. The van der Waals surface area contributed by atoms with E-state index in [9.17, 15) is 19.2 Å². The van der Waals surface area contributed by atoms with Gasteiger partial charge in [0, 0.05) is 31.2 Å². The van der Waals surface area contributed by atoms with Crippen molar-refractivity contribution >= 4 is 35.6 Å². The Morgan fingerprint density at radius 3 is 2.20 bits per heavy atom. The molecule has 2 atom stereocenters. The molecule has 0 radical (unpaired) electrons. The molecule has 2 aliphatic heterocycles. The molecule has 4 amide bonds. The number of rotatable bonds is 6. The highest BCUT2D eigenvalue weighted by Gasteiger charge is 2.51. The highest BCUT2D eigenvalue weighted by molar-refractivity contribution is 6.30. The molecular formula is C30H45ClN4O6. The lowest BCUT2D eigenvalue weighted by Crippen LogP contribution is -2.56. The molecule has 1 unspecified atom stereocenters. The number of hydrogen-bond acceptors (Lipinski definition) is 6. The summed E-state index contributed by atoms with van der Waals surface area (Å²) in [5.74, 6) is -0.512. The standard InChI is InChI=1S/C30H45ClN4O6/c1-28(2,3)40-26(38)33-17-19-11-12-21(31)16-20(19)18-32-24(36)22-10-9-14-34(22)25(37)23-30(7,8)13-15-35(23)27(39)41-29(4,5)6/h11-12,16,22-23H,9-10,13-15,17-18H2,1-8H3,(H,32,36)(H,33,38)/t22-,23?/m0/s1. The topological polar surface area (TPSA) is 117 Å². The Morgan fingerprint density at radius 2 is 1.56 bits per heavy atom. The van der Waals surface area contributed by atoms with Gasteiger partial charge in [0.15, 0.2) is 0 Å². The van der Waals surface area contributed by atoms with Gasteiger partial charge in [0.1, 0.15) is 23.3 Å². The molecule has 0 bridgehead atoms. The Bertz CT molecular complexity index is 1160. The van der Waals surface area contributed by atoms with Gasteiger partial charge in [-0.25, -0.2) is 9.59 Å². The van der Waals surface area contributed by atoms with Crippen LogP contribution in [-0.2, 0) is 32.2 Å². The van der Waals surface area contributed by atoms with E-state index in [4.69, 9.17) is 21.1 Å². The van der Waals surface area contributed by atoms with E-state index in [-0.39, 0.29) is 24.9 Å². The van der Waals surface area contributed by atoms with Crippen molar-refractivity contribution in [3.8, 4) is 0 Å². The van der Waals surface area contributed by atoms with Gasteiger partial charge in [0.2, 0.25) is 11.8 Å². The first kappa shape index (κ1) is 32.5. The maximum atomic E-state index is 13.9. The number of ether oxygens (including phenoxy) is 2. The number of hydrogen-bond donors (Lipinski definition) is 2. The zero-order valence-corrected chi connectivity index (χ0v) is 26.3. The highest BCUT2D eigenvalue weighted by atomic mass is 35.5. The molecule has 1 aromatic carbocycles. The van der Waals surface area contributed by atoms with Gasteiger partial charge >= 0.3 is 12.2 Å². The molecule has 2 aliphatic rings. The van der Waals surface area contributed by atoms with E-state index in [2.05, 4.69) is 10.6 Å². The van der Waals surface area contributed by atoms with Crippen molar-refractivity contribution in [3.63, 3.8) is 0 Å². The number of benzene rings is 1. The first-order chi connectivity index (χ1) is 18.9. The van der Waals surface area contributed by atoms with Crippen molar-refractivity contribution in [1.29, 1.82) is 0 Å². The SMILES string of the molecule is CC(C)(C)OC(=O)NCc1ccc(Cl)cc1CNC(=O)[C@@H]1CCCN1C(=O)C1N(C(=O)OC(C)(C)C)CCC1(C)C. The van der Waals surface area contributed by atoms with Crippen molar-refractivity contribution in [2.75, 3.05) is 13.1 Å². The summed E-state index contributed by atoms with van der Waals surface area (Å²) >= 11 is 6.23. The number of nitrogens with zero attached hydrogens (tertiary/aromatic N) is 2. The Hall–Kier alpha value is -3.01. The van der Waals surface area contributed by atoms with Crippen LogP contribution in [0.5, 0.6) is 0 Å². The van der Waals surface area contributed by atoms with Crippen LogP contribution >= 0.6 is 11.6 Å². The van der Waals surface area contributed by atoms with Gasteiger partial charge in [-0.05, 0) is 89.5 Å². The molecule has 2 N–H and O–H groups in total. The van der Waals surface area contributed by atoms with Crippen molar-refractivity contribution in [2.24, 2.45) is 5.41 Å². The first-order valence-electron chi connectivity index (χ1n) is 14.2. The zero-order chi connectivity index (χ0) is 30.8. The Morgan fingerprint density at radius 1 is 0.927 bits per heavy atom. The van der Waals surface area contributed by atoms with E-state index in [0.717, 1.165) is 11.1 Å². The maximum absolute atomic E-state index is 13.9. The average molecular weight is 593 g/mol. The molecule has 41 heavy (non-hydrogen) atoms. The minimum atomic E-state index is -0.718. The van der Waals surface area contributed by atoms with E-state index in [0.29, 0.717) is 37.4 Å².